The van der Waals surface area contributed by atoms with Gasteiger partial charge >= 0.3 is 0 Å². The molecule has 0 saturated heterocycles. The maximum Gasteiger partial charge on any atom is 0.278 e. The summed E-state index contributed by atoms with van der Waals surface area (Å²) in [4.78, 5) is 30.8. The van der Waals surface area contributed by atoms with Crippen molar-refractivity contribution in [1.82, 2.24) is 14.1 Å². The molecule has 164 valence electrons. The average Bonchev–Trinajstić information content (AvgIpc) is 3.11. The molecule has 0 saturated carbocycles. The number of anilines is 1. The predicted octanol–water partition coefficient (Wildman–Crippen LogP) is 4.83. The van der Waals surface area contributed by atoms with E-state index in [2.05, 4.69) is 10.3 Å². The Labute approximate surface area is 192 Å². The lowest BCUT2D eigenvalue weighted by atomic mass is 10.2. The maximum atomic E-state index is 13.5. The molecule has 0 atom stereocenters. The highest BCUT2D eigenvalue weighted by Gasteiger charge is 2.18. The summed E-state index contributed by atoms with van der Waals surface area (Å²) < 4.78 is 16.6. The molecule has 2 heterocycles. The second-order valence-electron chi connectivity index (χ2n) is 7.63. The second-order valence-corrected chi connectivity index (χ2v) is 8.04. The fourth-order valence-corrected chi connectivity index (χ4v) is 4.14. The molecule has 0 aliphatic rings. The van der Waals surface area contributed by atoms with Crippen molar-refractivity contribution in [3.8, 4) is 0 Å². The van der Waals surface area contributed by atoms with Gasteiger partial charge in [0.15, 0.2) is 0 Å². The van der Waals surface area contributed by atoms with Crippen molar-refractivity contribution in [3.05, 3.63) is 106 Å². The van der Waals surface area contributed by atoms with E-state index in [1.54, 1.807) is 16.7 Å². The topological polar surface area (TPSA) is 68.9 Å². The highest BCUT2D eigenvalue weighted by molar-refractivity contribution is 6.31. The number of carbonyl (C=O) groups is 1. The van der Waals surface area contributed by atoms with Gasteiger partial charge in [-0.2, -0.15) is 0 Å². The molecule has 0 unspecified atom stereocenters. The van der Waals surface area contributed by atoms with Crippen LogP contribution in [0.5, 0.6) is 0 Å². The monoisotopic (exact) mass is 460 g/mol. The molecule has 1 amide bonds. The molecule has 0 fully saturated rings. The van der Waals surface area contributed by atoms with Crippen LogP contribution in [0.25, 0.3) is 21.9 Å². The van der Waals surface area contributed by atoms with Crippen LogP contribution in [0, 0.1) is 5.82 Å². The van der Waals surface area contributed by atoms with E-state index >= 15 is 0 Å². The summed E-state index contributed by atoms with van der Waals surface area (Å²) in [6, 6.07) is 20.3. The molecule has 8 heteroatoms. The van der Waals surface area contributed by atoms with Crippen molar-refractivity contribution in [2.75, 3.05) is 5.32 Å². The Bertz CT molecular complexity index is 1570. The predicted molar refractivity (Wildman–Crippen MR) is 127 cm³/mol. The number of fused-ring (bicyclic) bond motifs is 3. The van der Waals surface area contributed by atoms with E-state index < -0.39 is 5.82 Å². The van der Waals surface area contributed by atoms with E-state index in [9.17, 15) is 14.0 Å². The normalized spacial score (nSPS) is 11.2. The van der Waals surface area contributed by atoms with Crippen LogP contribution < -0.4 is 10.9 Å². The van der Waals surface area contributed by atoms with E-state index in [-0.39, 0.29) is 24.6 Å². The van der Waals surface area contributed by atoms with Crippen molar-refractivity contribution in [3.63, 3.8) is 0 Å². The van der Waals surface area contributed by atoms with Gasteiger partial charge in [0.25, 0.3) is 5.56 Å². The molecule has 1 N–H and O–H groups in total. The van der Waals surface area contributed by atoms with Crippen LogP contribution >= 0.6 is 11.6 Å². The van der Waals surface area contributed by atoms with Gasteiger partial charge in [-0.15, -0.1) is 0 Å². The minimum Gasteiger partial charge on any atom is -0.325 e. The molecular weight excluding hydrogens is 443 g/mol. The highest BCUT2D eigenvalue weighted by atomic mass is 35.5. The standard InChI is InChI=1S/C25H18ClFN4O2/c26-20-10-3-1-6-16(20)13-30-15-28-23-19-9-2-4-11-21(19)31(24(23)25(30)33)14-22(32)29-18-8-5-7-17(27)12-18/h1-12,15H,13-14H2,(H,29,32). The summed E-state index contributed by atoms with van der Waals surface area (Å²) in [5.74, 6) is -0.833. The summed E-state index contributed by atoms with van der Waals surface area (Å²) in [6.07, 6.45) is 1.50. The number of amides is 1. The van der Waals surface area contributed by atoms with Crippen molar-refractivity contribution in [1.29, 1.82) is 0 Å². The zero-order valence-corrected chi connectivity index (χ0v) is 18.1. The van der Waals surface area contributed by atoms with E-state index in [1.165, 1.54) is 29.1 Å². The maximum absolute atomic E-state index is 13.5. The van der Waals surface area contributed by atoms with E-state index in [4.69, 9.17) is 11.6 Å². The molecular formula is C25H18ClFN4O2. The van der Waals surface area contributed by atoms with Gasteiger partial charge in [-0.05, 0) is 35.9 Å². The molecule has 0 aliphatic heterocycles. The van der Waals surface area contributed by atoms with E-state index in [1.807, 2.05) is 42.5 Å². The molecule has 3 aromatic carbocycles. The largest absolute Gasteiger partial charge is 0.325 e. The van der Waals surface area contributed by atoms with Crippen LogP contribution in [0.2, 0.25) is 5.02 Å². The molecule has 0 bridgehead atoms. The lowest BCUT2D eigenvalue weighted by Crippen LogP contribution is -2.25. The Hall–Kier alpha value is -3.97. The molecule has 6 nitrogen and oxygen atoms in total. The molecule has 5 rings (SSSR count). The Morgan fingerprint density at radius 1 is 1.03 bits per heavy atom. The third-order valence-corrected chi connectivity index (χ3v) is 5.81. The Morgan fingerprint density at radius 2 is 1.82 bits per heavy atom. The molecule has 0 aliphatic carbocycles. The molecule has 2 aromatic heterocycles. The fourth-order valence-electron chi connectivity index (χ4n) is 3.95. The van der Waals surface area contributed by atoms with Crippen LogP contribution in [-0.2, 0) is 17.9 Å². The van der Waals surface area contributed by atoms with E-state index in [0.717, 1.165) is 10.9 Å². The van der Waals surface area contributed by atoms with Gasteiger partial charge in [0.1, 0.15) is 23.4 Å². The number of nitrogens with one attached hydrogen (secondary N) is 1. The third-order valence-electron chi connectivity index (χ3n) is 5.44. The molecule has 5 aromatic rings. The van der Waals surface area contributed by atoms with E-state index in [0.29, 0.717) is 27.3 Å². The van der Waals surface area contributed by atoms with Crippen LogP contribution in [0.3, 0.4) is 0 Å². The average molecular weight is 461 g/mol. The number of aromatic nitrogens is 3. The van der Waals surface area contributed by atoms with Gasteiger partial charge in [0.2, 0.25) is 5.91 Å². The fraction of sp³-hybridized carbons (Fsp3) is 0.0800. The first kappa shape index (κ1) is 20.9. The summed E-state index contributed by atoms with van der Waals surface area (Å²) in [6.45, 7) is 0.117. The zero-order valence-electron chi connectivity index (χ0n) is 17.3. The number of halogens is 2. The number of carbonyl (C=O) groups excluding carboxylic acids is 1. The number of rotatable bonds is 5. The minimum absolute atomic E-state index is 0.131. The van der Waals surface area contributed by atoms with Crippen molar-refractivity contribution < 1.29 is 9.18 Å². The first-order valence-corrected chi connectivity index (χ1v) is 10.6. The molecule has 33 heavy (non-hydrogen) atoms. The highest BCUT2D eigenvalue weighted by Crippen LogP contribution is 2.25. The first-order valence-electron chi connectivity index (χ1n) is 10.3. The van der Waals surface area contributed by atoms with Gasteiger partial charge < -0.3 is 9.88 Å². The van der Waals surface area contributed by atoms with Crippen LogP contribution in [0.15, 0.2) is 83.9 Å². The molecule has 0 spiro atoms. The number of benzene rings is 3. The van der Waals surface area contributed by atoms with Crippen LogP contribution in [0.1, 0.15) is 5.56 Å². The molecule has 0 radical (unpaired) electrons. The lowest BCUT2D eigenvalue weighted by molar-refractivity contribution is -0.116. The third kappa shape index (κ3) is 3.99. The van der Waals surface area contributed by atoms with Crippen LogP contribution in [-0.4, -0.2) is 20.0 Å². The number of nitrogens with zero attached hydrogens (tertiary/aromatic N) is 3. The first-order chi connectivity index (χ1) is 16.0. The quantitative estimate of drug-likeness (QED) is 0.408. The van der Waals surface area contributed by atoms with Gasteiger partial charge in [-0.1, -0.05) is 54.1 Å². The van der Waals surface area contributed by atoms with Crippen molar-refractivity contribution >= 4 is 45.1 Å². The Morgan fingerprint density at radius 3 is 2.64 bits per heavy atom. The number of para-hydroxylation sites is 1. The Kier molecular flexibility index (Phi) is 5.40. The minimum atomic E-state index is -0.448. The SMILES string of the molecule is O=C(Cn1c2ccccc2c2ncn(Cc3ccccc3Cl)c(=O)c21)Nc1cccc(F)c1. The van der Waals surface area contributed by atoms with Gasteiger partial charge in [0, 0.05) is 16.1 Å². The number of hydrogen-bond acceptors (Lipinski definition) is 3. The summed E-state index contributed by atoms with van der Waals surface area (Å²) in [5, 5.41) is 4.01. The second kappa shape index (κ2) is 8.52. The Balaban J connectivity index is 1.59. The summed E-state index contributed by atoms with van der Waals surface area (Å²) >= 11 is 6.28. The lowest BCUT2D eigenvalue weighted by Gasteiger charge is -2.10. The van der Waals surface area contributed by atoms with Gasteiger partial charge in [-0.3, -0.25) is 14.2 Å². The van der Waals surface area contributed by atoms with Crippen molar-refractivity contribution in [2.24, 2.45) is 0 Å². The van der Waals surface area contributed by atoms with Crippen LogP contribution in [0.4, 0.5) is 10.1 Å². The number of hydrogen-bond donors (Lipinski definition) is 1. The summed E-state index contributed by atoms with van der Waals surface area (Å²) in [5.41, 5.74) is 2.39. The van der Waals surface area contributed by atoms with Gasteiger partial charge in [-0.25, -0.2) is 9.37 Å². The smallest absolute Gasteiger partial charge is 0.278 e. The zero-order chi connectivity index (χ0) is 22.9. The summed E-state index contributed by atoms with van der Waals surface area (Å²) in [7, 11) is 0. The van der Waals surface area contributed by atoms with Gasteiger partial charge in [0.05, 0.1) is 18.4 Å². The van der Waals surface area contributed by atoms with Crippen molar-refractivity contribution in [2.45, 2.75) is 13.1 Å².